The molecule has 2 saturated heterocycles. The lowest BCUT2D eigenvalue weighted by atomic mass is 10.1. The zero-order valence-corrected chi connectivity index (χ0v) is 17.6. The van der Waals surface area contributed by atoms with Crippen molar-refractivity contribution in [1.29, 1.82) is 0 Å². The SMILES string of the molecule is Cc1ccc(Cl)cc1N1C(=NC(=O)Cc2ccccc2)SC2CS(=O)(=O)CC21. The summed E-state index contributed by atoms with van der Waals surface area (Å²) >= 11 is 7.57. The van der Waals surface area contributed by atoms with Gasteiger partial charge >= 0.3 is 0 Å². The lowest BCUT2D eigenvalue weighted by Gasteiger charge is -2.26. The van der Waals surface area contributed by atoms with Gasteiger partial charge in [0.2, 0.25) is 0 Å². The van der Waals surface area contributed by atoms with E-state index in [4.69, 9.17) is 11.6 Å². The molecule has 0 aliphatic carbocycles. The van der Waals surface area contributed by atoms with Crippen LogP contribution in [-0.4, -0.2) is 42.3 Å². The van der Waals surface area contributed by atoms with Crippen LogP contribution in [-0.2, 0) is 21.1 Å². The fraction of sp³-hybridized carbons (Fsp3) is 0.300. The molecule has 2 aliphatic heterocycles. The minimum Gasteiger partial charge on any atom is -0.315 e. The number of anilines is 1. The number of benzene rings is 2. The molecule has 28 heavy (non-hydrogen) atoms. The smallest absolute Gasteiger partial charge is 0.252 e. The Morgan fingerprint density at radius 3 is 2.71 bits per heavy atom. The highest BCUT2D eigenvalue weighted by molar-refractivity contribution is 8.16. The fourth-order valence-electron chi connectivity index (χ4n) is 3.60. The molecule has 2 aliphatic rings. The molecule has 1 amide bonds. The fourth-order valence-corrected chi connectivity index (χ4v) is 7.70. The van der Waals surface area contributed by atoms with Crippen LogP contribution in [0.15, 0.2) is 53.5 Å². The second-order valence-electron chi connectivity index (χ2n) is 7.05. The molecule has 4 rings (SSSR count). The molecule has 5 nitrogen and oxygen atoms in total. The summed E-state index contributed by atoms with van der Waals surface area (Å²) in [7, 11) is -3.11. The number of halogens is 1. The summed E-state index contributed by atoms with van der Waals surface area (Å²) in [6.07, 6.45) is 0.209. The number of carbonyl (C=O) groups excluding carboxylic acids is 1. The summed E-state index contributed by atoms with van der Waals surface area (Å²) in [6.45, 7) is 1.94. The molecule has 0 N–H and O–H groups in total. The first-order valence-corrected chi connectivity index (χ1v) is 12.0. The molecule has 146 valence electrons. The van der Waals surface area contributed by atoms with Gasteiger partial charge in [-0.15, -0.1) is 0 Å². The van der Waals surface area contributed by atoms with Gasteiger partial charge in [0.15, 0.2) is 15.0 Å². The normalized spacial score (nSPS) is 24.5. The van der Waals surface area contributed by atoms with E-state index >= 15 is 0 Å². The summed E-state index contributed by atoms with van der Waals surface area (Å²) in [5, 5.41) is 0.979. The van der Waals surface area contributed by atoms with Crippen molar-refractivity contribution in [3.8, 4) is 0 Å². The van der Waals surface area contributed by atoms with E-state index in [0.29, 0.717) is 10.2 Å². The number of amidine groups is 1. The molecule has 0 aromatic heterocycles. The lowest BCUT2D eigenvalue weighted by molar-refractivity contribution is -0.117. The number of fused-ring (bicyclic) bond motifs is 1. The molecule has 0 radical (unpaired) electrons. The predicted molar refractivity (Wildman–Crippen MR) is 115 cm³/mol. The number of aryl methyl sites for hydroxylation is 1. The summed E-state index contributed by atoms with van der Waals surface area (Å²) in [4.78, 5) is 18.8. The highest BCUT2D eigenvalue weighted by Gasteiger charge is 2.49. The van der Waals surface area contributed by atoms with E-state index in [1.165, 1.54) is 11.8 Å². The minimum absolute atomic E-state index is 0.0581. The quantitative estimate of drug-likeness (QED) is 0.739. The van der Waals surface area contributed by atoms with Crippen molar-refractivity contribution < 1.29 is 13.2 Å². The first-order valence-electron chi connectivity index (χ1n) is 8.90. The van der Waals surface area contributed by atoms with E-state index < -0.39 is 9.84 Å². The van der Waals surface area contributed by atoms with Gasteiger partial charge in [-0.3, -0.25) is 4.79 Å². The maximum Gasteiger partial charge on any atom is 0.252 e. The molecule has 2 atom stereocenters. The van der Waals surface area contributed by atoms with Crippen LogP contribution in [0.2, 0.25) is 5.02 Å². The van der Waals surface area contributed by atoms with Crippen LogP contribution in [0.1, 0.15) is 11.1 Å². The van der Waals surface area contributed by atoms with E-state index in [1.807, 2.05) is 54.3 Å². The van der Waals surface area contributed by atoms with Gasteiger partial charge in [0, 0.05) is 16.0 Å². The highest BCUT2D eigenvalue weighted by atomic mass is 35.5. The van der Waals surface area contributed by atoms with Crippen molar-refractivity contribution in [3.05, 3.63) is 64.7 Å². The zero-order chi connectivity index (χ0) is 19.9. The van der Waals surface area contributed by atoms with E-state index in [-0.39, 0.29) is 35.1 Å². The number of nitrogens with zero attached hydrogens (tertiary/aromatic N) is 2. The molecule has 2 aromatic carbocycles. The third-order valence-electron chi connectivity index (χ3n) is 4.92. The number of sulfone groups is 1. The number of carbonyl (C=O) groups is 1. The van der Waals surface area contributed by atoms with Crippen LogP contribution >= 0.6 is 23.4 Å². The number of amides is 1. The predicted octanol–water partition coefficient (Wildman–Crippen LogP) is 3.49. The molecule has 2 unspecified atom stereocenters. The largest absolute Gasteiger partial charge is 0.315 e. The third kappa shape index (κ3) is 3.97. The number of rotatable bonds is 3. The average Bonchev–Trinajstić information content (AvgIpc) is 3.09. The molecule has 2 aromatic rings. The Hall–Kier alpha value is -1.83. The molecular formula is C20H19ClN2O3S2. The molecule has 0 saturated carbocycles. The summed E-state index contributed by atoms with van der Waals surface area (Å²) in [5.41, 5.74) is 2.65. The number of hydrogen-bond donors (Lipinski definition) is 0. The van der Waals surface area contributed by atoms with Gasteiger partial charge in [-0.25, -0.2) is 8.42 Å². The van der Waals surface area contributed by atoms with Crippen LogP contribution in [0.25, 0.3) is 0 Å². The second-order valence-corrected chi connectivity index (χ2v) is 10.8. The van der Waals surface area contributed by atoms with Crippen molar-refractivity contribution in [3.63, 3.8) is 0 Å². The van der Waals surface area contributed by atoms with Crippen molar-refractivity contribution in [1.82, 2.24) is 0 Å². The molecule has 0 bridgehead atoms. The van der Waals surface area contributed by atoms with Gasteiger partial charge in [0.05, 0.1) is 24.0 Å². The molecule has 2 fully saturated rings. The Bertz CT molecular complexity index is 1050. The van der Waals surface area contributed by atoms with Gasteiger partial charge in [-0.05, 0) is 30.2 Å². The molecular weight excluding hydrogens is 416 g/mol. The molecule has 2 heterocycles. The number of aliphatic imine (C=N–C) groups is 1. The maximum absolute atomic E-state index is 12.6. The van der Waals surface area contributed by atoms with E-state index in [9.17, 15) is 13.2 Å². The van der Waals surface area contributed by atoms with Gasteiger partial charge in [0.1, 0.15) is 0 Å². The first-order chi connectivity index (χ1) is 13.3. The third-order valence-corrected chi connectivity index (χ3v) is 8.36. The van der Waals surface area contributed by atoms with Crippen molar-refractivity contribution >= 4 is 50.0 Å². The Labute approximate surface area is 173 Å². The van der Waals surface area contributed by atoms with Gasteiger partial charge in [-0.2, -0.15) is 4.99 Å². The maximum atomic E-state index is 12.6. The van der Waals surface area contributed by atoms with Gasteiger partial charge in [-0.1, -0.05) is 59.8 Å². The van der Waals surface area contributed by atoms with Crippen LogP contribution < -0.4 is 4.90 Å². The standard InChI is InChI=1S/C20H19ClN2O3S2/c1-13-7-8-15(21)10-16(13)23-17-11-28(25,26)12-18(17)27-20(23)22-19(24)9-14-5-3-2-4-6-14/h2-8,10,17-18H,9,11-12H2,1H3. The van der Waals surface area contributed by atoms with Gasteiger partial charge < -0.3 is 4.90 Å². The lowest BCUT2D eigenvalue weighted by Crippen LogP contribution is -2.38. The Balaban J connectivity index is 1.69. The van der Waals surface area contributed by atoms with E-state index in [1.54, 1.807) is 6.07 Å². The van der Waals surface area contributed by atoms with Crippen LogP contribution in [0, 0.1) is 6.92 Å². The van der Waals surface area contributed by atoms with Crippen molar-refractivity contribution in [2.75, 3.05) is 16.4 Å². The molecule has 0 spiro atoms. The van der Waals surface area contributed by atoms with Crippen LogP contribution in [0.3, 0.4) is 0 Å². The summed E-state index contributed by atoms with van der Waals surface area (Å²) in [6, 6.07) is 14.7. The topological polar surface area (TPSA) is 66.8 Å². The Morgan fingerprint density at radius 1 is 1.21 bits per heavy atom. The Morgan fingerprint density at radius 2 is 1.96 bits per heavy atom. The molecule has 8 heteroatoms. The minimum atomic E-state index is -3.11. The van der Waals surface area contributed by atoms with Crippen LogP contribution in [0.5, 0.6) is 0 Å². The average molecular weight is 435 g/mol. The zero-order valence-electron chi connectivity index (χ0n) is 15.2. The van der Waals surface area contributed by atoms with Crippen LogP contribution in [0.4, 0.5) is 5.69 Å². The van der Waals surface area contributed by atoms with Gasteiger partial charge in [0.25, 0.3) is 5.91 Å². The number of thioether (sulfide) groups is 1. The second kappa shape index (κ2) is 7.54. The summed E-state index contributed by atoms with van der Waals surface area (Å²) < 4.78 is 24.3. The van der Waals surface area contributed by atoms with Crippen molar-refractivity contribution in [2.45, 2.75) is 24.6 Å². The highest BCUT2D eigenvalue weighted by Crippen LogP contribution is 2.42. The first kappa shape index (κ1) is 19.5. The van der Waals surface area contributed by atoms with E-state index in [2.05, 4.69) is 4.99 Å². The van der Waals surface area contributed by atoms with E-state index in [0.717, 1.165) is 16.8 Å². The Kier molecular flexibility index (Phi) is 5.24. The monoisotopic (exact) mass is 434 g/mol. The summed E-state index contributed by atoms with van der Waals surface area (Å²) in [5.74, 6) is -0.0893. The van der Waals surface area contributed by atoms with Crippen molar-refractivity contribution in [2.24, 2.45) is 4.99 Å². The number of hydrogen-bond acceptors (Lipinski definition) is 4.